The Labute approximate surface area is 166 Å². The molecule has 0 bridgehead atoms. The van der Waals surface area contributed by atoms with Gasteiger partial charge in [0.15, 0.2) is 18.3 Å². The number of nitrogens with one attached hydrogen (secondary N) is 1. The van der Waals surface area contributed by atoms with Crippen LogP contribution in [0, 0.1) is 5.41 Å². The van der Waals surface area contributed by atoms with Crippen LogP contribution in [-0.2, 0) is 42.9 Å². The molecule has 0 aromatic rings. The summed E-state index contributed by atoms with van der Waals surface area (Å²) in [7, 11) is 0. The number of hydrogen-bond acceptors (Lipinski definition) is 11. The van der Waals surface area contributed by atoms with E-state index < -0.39 is 53.7 Å². The van der Waals surface area contributed by atoms with Gasteiger partial charge in [-0.3, -0.25) is 24.6 Å². The Balaban J connectivity index is 3.26. The lowest BCUT2D eigenvalue weighted by atomic mass is 9.99. The van der Waals surface area contributed by atoms with Crippen LogP contribution < -0.4 is 5.73 Å². The van der Waals surface area contributed by atoms with Gasteiger partial charge in [0.1, 0.15) is 24.0 Å². The fourth-order valence-corrected chi connectivity index (χ4v) is 3.46. The minimum absolute atomic E-state index is 0.0355. The molecule has 0 unspecified atom stereocenters. The summed E-state index contributed by atoms with van der Waals surface area (Å²) in [5.41, 5.74) is 4.45. The quantitative estimate of drug-likeness (QED) is 0.230. The molecule has 1 rings (SSSR count). The zero-order chi connectivity index (χ0) is 21.4. The Kier molecular flexibility index (Phi) is 9.19. The van der Waals surface area contributed by atoms with E-state index in [0.717, 1.165) is 32.5 Å². The first-order valence-corrected chi connectivity index (χ1v) is 9.31. The molecule has 0 radical (unpaired) electrons. The minimum atomic E-state index is -1.22. The summed E-state index contributed by atoms with van der Waals surface area (Å²) in [6.07, 6.45) is -4.57. The van der Waals surface area contributed by atoms with Gasteiger partial charge in [-0.05, 0) is 0 Å². The summed E-state index contributed by atoms with van der Waals surface area (Å²) in [6, 6.07) is 0. The van der Waals surface area contributed by atoms with Crippen LogP contribution in [-0.4, -0.2) is 71.9 Å². The van der Waals surface area contributed by atoms with E-state index in [2.05, 4.69) is 0 Å². The van der Waals surface area contributed by atoms with Crippen LogP contribution in [0.25, 0.3) is 0 Å². The van der Waals surface area contributed by atoms with Crippen LogP contribution in [0.15, 0.2) is 0 Å². The van der Waals surface area contributed by atoms with Gasteiger partial charge in [-0.1, -0.05) is 0 Å². The second-order valence-corrected chi connectivity index (χ2v) is 6.99. The van der Waals surface area contributed by atoms with Crippen molar-refractivity contribution in [3.05, 3.63) is 0 Å². The van der Waals surface area contributed by atoms with E-state index in [1.807, 2.05) is 0 Å². The van der Waals surface area contributed by atoms with E-state index in [0.29, 0.717) is 0 Å². The number of carbonyl (C=O) groups excluding carboxylic acids is 4. The average molecular weight is 420 g/mol. The van der Waals surface area contributed by atoms with Crippen molar-refractivity contribution >= 4 is 41.5 Å². The Morgan fingerprint density at radius 2 is 1.39 bits per heavy atom. The predicted molar refractivity (Wildman–Crippen MR) is 96.3 cm³/mol. The molecule has 1 heterocycles. The monoisotopic (exact) mass is 420 g/mol. The number of ether oxygens (including phenoxy) is 5. The number of nitrogens with two attached hydrogens (primary N) is 1. The molecule has 11 nitrogen and oxygen atoms in total. The third-order valence-corrected chi connectivity index (χ3v) is 4.54. The van der Waals surface area contributed by atoms with Crippen molar-refractivity contribution in [1.82, 2.24) is 0 Å². The zero-order valence-electron chi connectivity index (χ0n) is 16.0. The van der Waals surface area contributed by atoms with Gasteiger partial charge in [0.25, 0.3) is 0 Å². The van der Waals surface area contributed by atoms with Gasteiger partial charge in [0.2, 0.25) is 0 Å². The SMILES string of the molecule is CC(=O)OC[C@H]1O[C@@H](SCC(=N)N)[C@H](OC(C)=O)[C@@H](OC(C)=O)[C@@H]1OC(C)=O. The Morgan fingerprint density at radius 3 is 1.86 bits per heavy atom. The van der Waals surface area contributed by atoms with E-state index in [-0.39, 0.29) is 18.2 Å². The molecule has 0 aromatic heterocycles. The smallest absolute Gasteiger partial charge is 0.303 e. The van der Waals surface area contributed by atoms with Crippen molar-refractivity contribution in [3.63, 3.8) is 0 Å². The van der Waals surface area contributed by atoms with E-state index in [4.69, 9.17) is 34.8 Å². The molecule has 1 fully saturated rings. The zero-order valence-corrected chi connectivity index (χ0v) is 16.8. The van der Waals surface area contributed by atoms with Gasteiger partial charge < -0.3 is 29.4 Å². The minimum Gasteiger partial charge on any atom is -0.463 e. The first-order valence-electron chi connectivity index (χ1n) is 8.26. The molecule has 1 aliphatic heterocycles. The van der Waals surface area contributed by atoms with Gasteiger partial charge in [-0.25, -0.2) is 0 Å². The Bertz CT molecular complexity index is 583. The molecule has 0 saturated carbocycles. The molecule has 158 valence electrons. The van der Waals surface area contributed by atoms with E-state index in [1.54, 1.807) is 0 Å². The van der Waals surface area contributed by atoms with Gasteiger partial charge in [-0.2, -0.15) is 0 Å². The lowest BCUT2D eigenvalue weighted by Crippen LogP contribution is -2.61. The summed E-state index contributed by atoms with van der Waals surface area (Å²) in [5.74, 6) is -2.80. The first-order chi connectivity index (χ1) is 13.0. The van der Waals surface area contributed by atoms with Crippen molar-refractivity contribution in [3.8, 4) is 0 Å². The highest BCUT2D eigenvalue weighted by Gasteiger charge is 2.52. The van der Waals surface area contributed by atoms with Gasteiger partial charge in [0.05, 0.1) is 5.75 Å². The Hall–Kier alpha value is -2.34. The van der Waals surface area contributed by atoms with Crippen molar-refractivity contribution in [2.45, 2.75) is 57.5 Å². The van der Waals surface area contributed by atoms with Crippen molar-refractivity contribution in [1.29, 1.82) is 5.41 Å². The normalized spacial score (nSPS) is 26.6. The first kappa shape index (κ1) is 23.7. The number of carbonyl (C=O) groups is 4. The summed E-state index contributed by atoms with van der Waals surface area (Å²) in [4.78, 5) is 46.0. The fourth-order valence-electron chi connectivity index (χ4n) is 2.49. The summed E-state index contributed by atoms with van der Waals surface area (Å²) in [6.45, 7) is 4.34. The van der Waals surface area contributed by atoms with Crippen LogP contribution in [0.2, 0.25) is 0 Å². The number of thioether (sulfide) groups is 1. The van der Waals surface area contributed by atoms with E-state index in [1.165, 1.54) is 6.92 Å². The van der Waals surface area contributed by atoms with Crippen LogP contribution in [0.1, 0.15) is 27.7 Å². The molecule has 0 amide bonds. The molecule has 1 saturated heterocycles. The topological polar surface area (TPSA) is 164 Å². The molecule has 3 N–H and O–H groups in total. The van der Waals surface area contributed by atoms with Crippen LogP contribution in [0.3, 0.4) is 0 Å². The molecule has 28 heavy (non-hydrogen) atoms. The van der Waals surface area contributed by atoms with Gasteiger partial charge in [0, 0.05) is 27.7 Å². The molecular formula is C16H24N2O9S. The highest BCUT2D eigenvalue weighted by molar-refractivity contribution is 8.00. The molecule has 0 spiro atoms. The third kappa shape index (κ3) is 7.72. The predicted octanol–water partition coefficient (Wildman–Crippen LogP) is -0.261. The lowest BCUT2D eigenvalue weighted by molar-refractivity contribution is -0.237. The van der Waals surface area contributed by atoms with Crippen molar-refractivity contribution in [2.75, 3.05) is 12.4 Å². The summed E-state index contributed by atoms with van der Waals surface area (Å²) < 4.78 is 26.5. The summed E-state index contributed by atoms with van der Waals surface area (Å²) >= 11 is 1.02. The maximum Gasteiger partial charge on any atom is 0.303 e. The van der Waals surface area contributed by atoms with Crippen LogP contribution in [0.5, 0.6) is 0 Å². The second-order valence-electron chi connectivity index (χ2n) is 5.90. The van der Waals surface area contributed by atoms with Crippen LogP contribution in [0.4, 0.5) is 0 Å². The van der Waals surface area contributed by atoms with Crippen molar-refractivity contribution < 1.29 is 42.9 Å². The number of rotatable bonds is 8. The fraction of sp³-hybridized carbons (Fsp3) is 0.688. The highest BCUT2D eigenvalue weighted by Crippen LogP contribution is 2.34. The third-order valence-electron chi connectivity index (χ3n) is 3.35. The molecule has 5 atom stereocenters. The number of amidine groups is 1. The van der Waals surface area contributed by atoms with Gasteiger partial charge in [-0.15, -0.1) is 11.8 Å². The molecule has 0 aliphatic carbocycles. The second kappa shape index (κ2) is 10.9. The summed E-state index contributed by atoms with van der Waals surface area (Å²) in [5, 5.41) is 7.37. The van der Waals surface area contributed by atoms with Crippen molar-refractivity contribution in [2.24, 2.45) is 5.73 Å². The number of esters is 4. The van der Waals surface area contributed by atoms with Gasteiger partial charge >= 0.3 is 23.9 Å². The molecule has 1 aliphatic rings. The average Bonchev–Trinajstić information content (AvgIpc) is 2.54. The van der Waals surface area contributed by atoms with E-state index in [9.17, 15) is 19.2 Å². The van der Waals surface area contributed by atoms with E-state index >= 15 is 0 Å². The molecular weight excluding hydrogens is 396 g/mol. The highest BCUT2D eigenvalue weighted by atomic mass is 32.2. The standard InChI is InChI=1S/C16H24N2O9S/c1-7(19)23-5-11-13(24-8(2)20)14(25-9(3)21)15(26-10(4)22)16(27-11)28-6-12(17)18/h11,13-16H,5-6H2,1-4H3,(H3,17,18)/t11-,13-,14+,15-,16+/m1/s1. The maximum atomic E-state index is 11.6. The maximum absolute atomic E-state index is 11.6. The Morgan fingerprint density at radius 1 is 0.893 bits per heavy atom. The largest absolute Gasteiger partial charge is 0.463 e. The molecule has 0 aromatic carbocycles. The number of hydrogen-bond donors (Lipinski definition) is 2. The van der Waals surface area contributed by atoms with Crippen LogP contribution >= 0.6 is 11.8 Å². The molecule has 12 heteroatoms. The lowest BCUT2D eigenvalue weighted by Gasteiger charge is -2.44.